The number of hydrogen-bond donors (Lipinski definition) is 0. The van der Waals surface area contributed by atoms with Crippen molar-refractivity contribution < 1.29 is 4.79 Å². The quantitative estimate of drug-likeness (QED) is 0.607. The summed E-state index contributed by atoms with van der Waals surface area (Å²) in [7, 11) is 0. The van der Waals surface area contributed by atoms with Crippen molar-refractivity contribution in [1.29, 1.82) is 0 Å². The third kappa shape index (κ3) is 3.28. The van der Waals surface area contributed by atoms with Gasteiger partial charge in [0.15, 0.2) is 5.17 Å². The number of amidine groups is 1. The van der Waals surface area contributed by atoms with Crippen molar-refractivity contribution in [3.8, 4) is 5.69 Å². The van der Waals surface area contributed by atoms with E-state index in [9.17, 15) is 4.79 Å². The number of aliphatic imine (C=N–C) groups is 1. The summed E-state index contributed by atoms with van der Waals surface area (Å²) in [5, 5.41) is 6.11. The van der Waals surface area contributed by atoms with Crippen molar-refractivity contribution in [2.75, 3.05) is 5.75 Å². The maximum atomic E-state index is 12.6. The number of thioether (sulfide) groups is 1. The molecule has 0 aliphatic carbocycles. The van der Waals surface area contributed by atoms with Crippen LogP contribution in [0.25, 0.3) is 11.4 Å². The number of halogens is 1. The van der Waals surface area contributed by atoms with Crippen molar-refractivity contribution >= 4 is 40.1 Å². The SMILES string of the molecule is Cc1nn(-c2ccccc2)cc1[C@@H]1C=C(c2ccc(Cl)cc2)N=C2SCC(=O)N21. The molecule has 0 radical (unpaired) electrons. The average molecular weight is 421 g/mol. The van der Waals surface area contributed by atoms with Gasteiger partial charge in [-0.05, 0) is 37.3 Å². The van der Waals surface area contributed by atoms with E-state index in [2.05, 4.69) is 5.10 Å². The van der Waals surface area contributed by atoms with Crippen molar-refractivity contribution in [2.45, 2.75) is 13.0 Å². The number of aromatic nitrogens is 2. The monoisotopic (exact) mass is 420 g/mol. The van der Waals surface area contributed by atoms with Gasteiger partial charge in [0.05, 0.1) is 28.9 Å². The highest BCUT2D eigenvalue weighted by Gasteiger charge is 2.38. The van der Waals surface area contributed by atoms with Gasteiger partial charge in [0.1, 0.15) is 0 Å². The van der Waals surface area contributed by atoms with Gasteiger partial charge in [-0.2, -0.15) is 5.10 Å². The highest BCUT2D eigenvalue weighted by Crippen LogP contribution is 2.39. The van der Waals surface area contributed by atoms with E-state index in [0.717, 1.165) is 33.4 Å². The van der Waals surface area contributed by atoms with Crippen LogP contribution < -0.4 is 0 Å². The normalized spacial score (nSPS) is 18.5. The number of amides is 1. The van der Waals surface area contributed by atoms with Crippen LogP contribution in [0.5, 0.6) is 0 Å². The molecule has 1 saturated heterocycles. The van der Waals surface area contributed by atoms with E-state index in [-0.39, 0.29) is 11.9 Å². The van der Waals surface area contributed by atoms with Crippen molar-refractivity contribution in [2.24, 2.45) is 4.99 Å². The maximum Gasteiger partial charge on any atom is 0.239 e. The lowest BCUT2D eigenvalue weighted by molar-refractivity contribution is -0.125. The minimum absolute atomic E-state index is 0.0667. The minimum atomic E-state index is -0.242. The second-order valence-electron chi connectivity index (χ2n) is 6.90. The van der Waals surface area contributed by atoms with E-state index in [1.54, 1.807) is 4.90 Å². The lowest BCUT2D eigenvalue weighted by Crippen LogP contribution is -2.35. The first-order valence-electron chi connectivity index (χ1n) is 9.23. The lowest BCUT2D eigenvalue weighted by Gasteiger charge is -2.29. The largest absolute Gasteiger partial charge is 0.279 e. The molecule has 29 heavy (non-hydrogen) atoms. The van der Waals surface area contributed by atoms with Gasteiger partial charge in [-0.25, -0.2) is 9.67 Å². The first-order chi connectivity index (χ1) is 14.1. The molecule has 3 heterocycles. The fourth-order valence-corrected chi connectivity index (χ4v) is 4.62. The van der Waals surface area contributed by atoms with Crippen LogP contribution in [-0.4, -0.2) is 31.5 Å². The minimum Gasteiger partial charge on any atom is -0.279 e. The second-order valence-corrected chi connectivity index (χ2v) is 8.28. The number of para-hydroxylation sites is 1. The molecular weight excluding hydrogens is 404 g/mol. The zero-order valence-electron chi connectivity index (χ0n) is 15.6. The lowest BCUT2D eigenvalue weighted by atomic mass is 10.0. The molecule has 7 heteroatoms. The smallest absolute Gasteiger partial charge is 0.239 e. The fraction of sp³-hybridized carbons (Fsp3) is 0.136. The molecule has 3 aromatic rings. The van der Waals surface area contributed by atoms with Crippen LogP contribution in [-0.2, 0) is 4.79 Å². The Hall–Kier alpha value is -2.83. The summed E-state index contributed by atoms with van der Waals surface area (Å²) in [6, 6.07) is 17.3. The highest BCUT2D eigenvalue weighted by molar-refractivity contribution is 8.15. The molecule has 2 aliphatic rings. The van der Waals surface area contributed by atoms with E-state index in [4.69, 9.17) is 16.6 Å². The Labute approximate surface area is 177 Å². The first-order valence-corrected chi connectivity index (χ1v) is 10.6. The van der Waals surface area contributed by atoms with Crippen LogP contribution in [0, 0.1) is 6.92 Å². The van der Waals surface area contributed by atoms with E-state index >= 15 is 0 Å². The van der Waals surface area contributed by atoms with Gasteiger partial charge in [-0.1, -0.05) is 53.7 Å². The molecule has 144 valence electrons. The average Bonchev–Trinajstić information content (AvgIpc) is 3.32. The Balaban J connectivity index is 1.60. The van der Waals surface area contributed by atoms with E-state index < -0.39 is 0 Å². The van der Waals surface area contributed by atoms with Crippen LogP contribution >= 0.6 is 23.4 Å². The van der Waals surface area contributed by atoms with Crippen LogP contribution in [0.3, 0.4) is 0 Å². The molecular formula is C22H17ClN4OS. The molecule has 0 bridgehead atoms. The molecule has 5 nitrogen and oxygen atoms in total. The summed E-state index contributed by atoms with van der Waals surface area (Å²) in [5.74, 6) is 0.472. The molecule has 1 aromatic heterocycles. The third-order valence-electron chi connectivity index (χ3n) is 5.03. The molecule has 0 saturated carbocycles. The predicted molar refractivity (Wildman–Crippen MR) is 117 cm³/mol. The predicted octanol–water partition coefficient (Wildman–Crippen LogP) is 4.86. The number of rotatable bonds is 3. The standard InChI is InChI=1S/C22H17ClN4OS/c1-14-18(12-26(25-14)17-5-3-2-4-6-17)20-11-19(15-7-9-16(23)10-8-15)24-22-27(20)21(28)13-29-22/h2-12,20H,13H2,1H3/t20-/m0/s1. The third-order valence-corrected chi connectivity index (χ3v) is 6.22. The van der Waals surface area contributed by atoms with E-state index in [1.165, 1.54) is 11.8 Å². The molecule has 5 rings (SSSR count). The summed E-state index contributed by atoms with van der Waals surface area (Å²) in [4.78, 5) is 19.1. The van der Waals surface area contributed by atoms with Crippen LogP contribution in [0.15, 0.2) is 71.9 Å². The molecule has 1 fully saturated rings. The van der Waals surface area contributed by atoms with Crippen LogP contribution in [0.2, 0.25) is 5.02 Å². The number of nitrogens with zero attached hydrogens (tertiary/aromatic N) is 4. The Morgan fingerprint density at radius 3 is 2.62 bits per heavy atom. The Kier molecular flexibility index (Phi) is 4.53. The fourth-order valence-electron chi connectivity index (χ4n) is 3.58. The van der Waals surface area contributed by atoms with Crippen molar-refractivity contribution in [3.63, 3.8) is 0 Å². The molecule has 0 spiro atoms. The van der Waals surface area contributed by atoms with Gasteiger partial charge in [-0.15, -0.1) is 0 Å². The summed E-state index contributed by atoms with van der Waals surface area (Å²) in [6.45, 7) is 1.98. The van der Waals surface area contributed by atoms with E-state index in [1.807, 2.05) is 78.5 Å². The molecule has 1 atom stereocenters. The number of hydrogen-bond acceptors (Lipinski definition) is 4. The summed E-state index contributed by atoms with van der Waals surface area (Å²) < 4.78 is 1.86. The zero-order valence-corrected chi connectivity index (χ0v) is 17.2. The Morgan fingerprint density at radius 2 is 1.86 bits per heavy atom. The molecule has 2 aromatic carbocycles. The topological polar surface area (TPSA) is 50.5 Å². The Morgan fingerprint density at radius 1 is 1.10 bits per heavy atom. The molecule has 0 N–H and O–H groups in total. The van der Waals surface area contributed by atoms with Gasteiger partial charge >= 0.3 is 0 Å². The van der Waals surface area contributed by atoms with Gasteiger partial charge in [0, 0.05) is 22.3 Å². The molecule has 1 amide bonds. The second kappa shape index (κ2) is 7.21. The Bertz CT molecular complexity index is 1150. The van der Waals surface area contributed by atoms with Crippen molar-refractivity contribution in [3.05, 3.63) is 88.7 Å². The molecule has 2 aliphatic heterocycles. The van der Waals surface area contributed by atoms with E-state index in [0.29, 0.717) is 10.8 Å². The summed E-state index contributed by atoms with van der Waals surface area (Å²) in [6.07, 6.45) is 4.04. The van der Waals surface area contributed by atoms with Gasteiger partial charge in [0.25, 0.3) is 0 Å². The van der Waals surface area contributed by atoms with Gasteiger partial charge < -0.3 is 0 Å². The number of carbonyl (C=O) groups excluding carboxylic acids is 1. The van der Waals surface area contributed by atoms with Crippen LogP contribution in [0.1, 0.15) is 22.9 Å². The van der Waals surface area contributed by atoms with Crippen molar-refractivity contribution in [1.82, 2.24) is 14.7 Å². The zero-order chi connectivity index (χ0) is 20.0. The number of aryl methyl sites for hydroxylation is 1. The maximum absolute atomic E-state index is 12.6. The first kappa shape index (κ1) is 18.2. The van der Waals surface area contributed by atoms with Crippen LogP contribution in [0.4, 0.5) is 0 Å². The number of carbonyl (C=O) groups is 1. The highest BCUT2D eigenvalue weighted by atomic mass is 35.5. The van der Waals surface area contributed by atoms with Gasteiger partial charge in [0.2, 0.25) is 5.91 Å². The van der Waals surface area contributed by atoms with Gasteiger partial charge in [-0.3, -0.25) is 9.69 Å². The number of benzene rings is 2. The molecule has 0 unspecified atom stereocenters. The summed E-state index contributed by atoms with van der Waals surface area (Å²) >= 11 is 7.52. The number of fused-ring (bicyclic) bond motifs is 1. The summed E-state index contributed by atoms with van der Waals surface area (Å²) in [5.41, 5.74) is 4.67.